The van der Waals surface area contributed by atoms with Crippen molar-refractivity contribution in [2.24, 2.45) is 0 Å². The standard InChI is InChI=1S/C23H26N4O3/c1-29-18-8-6-16(7-9-18)23(28)26-13-10-17(11-14-26)27-21-19(4-2-12-24-21)25-22(27)20-5-3-15-30-20/h2,4,6-9,12,17,20H,3,5,10-11,13-15H2,1H3. The van der Waals surface area contributed by atoms with Crippen LogP contribution in [0.5, 0.6) is 5.75 Å². The Labute approximate surface area is 175 Å². The number of likely N-dealkylation sites (tertiary alicyclic amines) is 1. The van der Waals surface area contributed by atoms with Crippen LogP contribution in [-0.2, 0) is 4.74 Å². The average Bonchev–Trinajstić information content (AvgIpc) is 3.46. The van der Waals surface area contributed by atoms with Crippen LogP contribution in [0.3, 0.4) is 0 Å². The molecule has 1 aromatic carbocycles. The van der Waals surface area contributed by atoms with Gasteiger partial charge in [0.2, 0.25) is 0 Å². The van der Waals surface area contributed by atoms with E-state index in [1.54, 1.807) is 7.11 Å². The number of nitrogens with zero attached hydrogens (tertiary/aromatic N) is 4. The zero-order valence-corrected chi connectivity index (χ0v) is 17.2. The first-order valence-electron chi connectivity index (χ1n) is 10.6. The van der Waals surface area contributed by atoms with Crippen molar-refractivity contribution in [3.05, 3.63) is 54.0 Å². The summed E-state index contributed by atoms with van der Waals surface area (Å²) in [7, 11) is 1.63. The summed E-state index contributed by atoms with van der Waals surface area (Å²) in [5, 5.41) is 0. The molecule has 2 aliphatic rings. The molecule has 2 aromatic heterocycles. The van der Waals surface area contributed by atoms with E-state index < -0.39 is 0 Å². The monoisotopic (exact) mass is 406 g/mol. The first kappa shape index (κ1) is 19.1. The highest BCUT2D eigenvalue weighted by Crippen LogP contribution is 2.35. The molecular weight excluding hydrogens is 380 g/mol. The topological polar surface area (TPSA) is 69.5 Å². The number of hydrogen-bond acceptors (Lipinski definition) is 5. The molecule has 1 amide bonds. The summed E-state index contributed by atoms with van der Waals surface area (Å²) >= 11 is 0. The third-order valence-electron chi connectivity index (χ3n) is 6.15. The second kappa shape index (κ2) is 8.07. The fourth-order valence-corrected chi connectivity index (χ4v) is 4.56. The largest absolute Gasteiger partial charge is 0.497 e. The molecule has 0 N–H and O–H groups in total. The van der Waals surface area contributed by atoms with Crippen LogP contribution < -0.4 is 4.74 Å². The number of pyridine rings is 1. The first-order chi connectivity index (χ1) is 14.7. The van der Waals surface area contributed by atoms with Crippen LogP contribution in [-0.4, -0.2) is 52.1 Å². The lowest BCUT2D eigenvalue weighted by molar-refractivity contribution is 0.0682. The summed E-state index contributed by atoms with van der Waals surface area (Å²) in [5.74, 6) is 1.82. The molecule has 2 fully saturated rings. The number of amides is 1. The second-order valence-electron chi connectivity index (χ2n) is 7.94. The number of methoxy groups -OCH3 is 1. The van der Waals surface area contributed by atoms with E-state index in [0.717, 1.165) is 55.0 Å². The number of imidazole rings is 1. The van der Waals surface area contributed by atoms with Crippen LogP contribution in [0.2, 0.25) is 0 Å². The molecule has 2 aliphatic heterocycles. The Morgan fingerprint density at radius 3 is 2.63 bits per heavy atom. The number of benzene rings is 1. The Balaban J connectivity index is 1.35. The van der Waals surface area contributed by atoms with Crippen molar-refractivity contribution >= 4 is 17.1 Å². The van der Waals surface area contributed by atoms with Crippen LogP contribution >= 0.6 is 0 Å². The summed E-state index contributed by atoms with van der Waals surface area (Å²) in [6.07, 6.45) is 5.68. The van der Waals surface area contributed by atoms with Gasteiger partial charge in [0.05, 0.1) is 7.11 Å². The second-order valence-corrected chi connectivity index (χ2v) is 7.94. The van der Waals surface area contributed by atoms with Crippen LogP contribution in [0, 0.1) is 0 Å². The average molecular weight is 406 g/mol. The maximum Gasteiger partial charge on any atom is 0.253 e. The van der Waals surface area contributed by atoms with Gasteiger partial charge in [-0.2, -0.15) is 0 Å². The van der Waals surface area contributed by atoms with Gasteiger partial charge in [0.1, 0.15) is 23.2 Å². The molecule has 0 saturated carbocycles. The SMILES string of the molecule is COc1ccc(C(=O)N2CCC(n3c(C4CCCO4)nc4cccnc43)CC2)cc1. The van der Waals surface area contributed by atoms with E-state index in [1.165, 1.54) is 0 Å². The molecule has 0 spiro atoms. The van der Waals surface area contributed by atoms with E-state index in [9.17, 15) is 4.79 Å². The van der Waals surface area contributed by atoms with Gasteiger partial charge >= 0.3 is 0 Å². The maximum atomic E-state index is 12.9. The minimum absolute atomic E-state index is 0.0400. The molecule has 5 rings (SSSR count). The number of rotatable bonds is 4. The van der Waals surface area contributed by atoms with Crippen molar-refractivity contribution in [2.45, 2.75) is 37.8 Å². The third kappa shape index (κ3) is 3.43. The van der Waals surface area contributed by atoms with Gasteiger partial charge < -0.3 is 18.9 Å². The number of piperidine rings is 1. The van der Waals surface area contributed by atoms with E-state index >= 15 is 0 Å². The Morgan fingerprint density at radius 1 is 1.13 bits per heavy atom. The van der Waals surface area contributed by atoms with E-state index in [2.05, 4.69) is 9.55 Å². The van der Waals surface area contributed by atoms with Gasteiger partial charge in [-0.05, 0) is 62.1 Å². The predicted octanol–water partition coefficient (Wildman–Crippen LogP) is 3.77. The Morgan fingerprint density at radius 2 is 1.93 bits per heavy atom. The van der Waals surface area contributed by atoms with Crippen LogP contribution in [0.1, 0.15) is 54.0 Å². The summed E-state index contributed by atoms with van der Waals surface area (Å²) in [6, 6.07) is 11.5. The van der Waals surface area contributed by atoms with Gasteiger partial charge in [-0.25, -0.2) is 9.97 Å². The number of hydrogen-bond donors (Lipinski definition) is 0. The lowest BCUT2D eigenvalue weighted by Crippen LogP contribution is -2.39. The molecule has 0 radical (unpaired) electrons. The molecular formula is C23H26N4O3. The lowest BCUT2D eigenvalue weighted by Gasteiger charge is -2.34. The normalized spacial score (nSPS) is 20.0. The first-order valence-corrected chi connectivity index (χ1v) is 10.6. The van der Waals surface area contributed by atoms with Crippen molar-refractivity contribution in [3.8, 4) is 5.75 Å². The van der Waals surface area contributed by atoms with Gasteiger partial charge in [-0.15, -0.1) is 0 Å². The summed E-state index contributed by atoms with van der Waals surface area (Å²) < 4.78 is 13.4. The van der Waals surface area contributed by atoms with Crippen molar-refractivity contribution in [1.82, 2.24) is 19.4 Å². The fourth-order valence-electron chi connectivity index (χ4n) is 4.56. The predicted molar refractivity (Wildman–Crippen MR) is 113 cm³/mol. The molecule has 4 heterocycles. The van der Waals surface area contributed by atoms with Gasteiger partial charge in [0.25, 0.3) is 5.91 Å². The van der Waals surface area contributed by atoms with E-state index in [0.29, 0.717) is 18.7 Å². The lowest BCUT2D eigenvalue weighted by atomic mass is 10.0. The number of carbonyl (C=O) groups is 1. The smallest absolute Gasteiger partial charge is 0.253 e. The highest BCUT2D eigenvalue weighted by atomic mass is 16.5. The molecule has 1 atom stereocenters. The highest BCUT2D eigenvalue weighted by Gasteiger charge is 2.31. The number of fused-ring (bicyclic) bond motifs is 1. The quantitative estimate of drug-likeness (QED) is 0.660. The summed E-state index contributed by atoms with van der Waals surface area (Å²) in [6.45, 7) is 2.22. The third-order valence-corrected chi connectivity index (χ3v) is 6.15. The molecule has 0 aliphatic carbocycles. The minimum atomic E-state index is 0.0400. The number of ether oxygens (including phenoxy) is 2. The number of carbonyl (C=O) groups excluding carboxylic acids is 1. The molecule has 3 aromatic rings. The van der Waals surface area contributed by atoms with Crippen molar-refractivity contribution < 1.29 is 14.3 Å². The Hall–Kier alpha value is -2.93. The van der Waals surface area contributed by atoms with Crippen LogP contribution in [0.25, 0.3) is 11.2 Å². The summed E-state index contributed by atoms with van der Waals surface area (Å²) in [5.41, 5.74) is 2.53. The van der Waals surface area contributed by atoms with Crippen LogP contribution in [0.4, 0.5) is 0 Å². The minimum Gasteiger partial charge on any atom is -0.497 e. The molecule has 7 heteroatoms. The van der Waals surface area contributed by atoms with Crippen molar-refractivity contribution in [1.29, 1.82) is 0 Å². The molecule has 7 nitrogen and oxygen atoms in total. The van der Waals surface area contributed by atoms with E-state index in [4.69, 9.17) is 14.5 Å². The highest BCUT2D eigenvalue weighted by molar-refractivity contribution is 5.94. The zero-order valence-electron chi connectivity index (χ0n) is 17.2. The maximum absolute atomic E-state index is 12.9. The fraction of sp³-hybridized carbons (Fsp3) is 0.435. The zero-order chi connectivity index (χ0) is 20.5. The Bertz CT molecular complexity index is 1030. The van der Waals surface area contributed by atoms with Gasteiger partial charge in [-0.3, -0.25) is 4.79 Å². The summed E-state index contributed by atoms with van der Waals surface area (Å²) in [4.78, 5) is 24.3. The molecule has 156 valence electrons. The van der Waals surface area contributed by atoms with Crippen molar-refractivity contribution in [3.63, 3.8) is 0 Å². The van der Waals surface area contributed by atoms with Crippen LogP contribution in [0.15, 0.2) is 42.6 Å². The molecule has 0 bridgehead atoms. The van der Waals surface area contributed by atoms with E-state index in [1.807, 2.05) is 47.5 Å². The van der Waals surface area contributed by atoms with Gasteiger partial charge in [0, 0.05) is 37.5 Å². The van der Waals surface area contributed by atoms with E-state index in [-0.39, 0.29) is 18.1 Å². The van der Waals surface area contributed by atoms with Gasteiger partial charge in [-0.1, -0.05) is 0 Å². The molecule has 2 saturated heterocycles. The number of aromatic nitrogens is 3. The van der Waals surface area contributed by atoms with Gasteiger partial charge in [0.15, 0.2) is 5.65 Å². The van der Waals surface area contributed by atoms with Crippen molar-refractivity contribution in [2.75, 3.05) is 26.8 Å². The molecule has 30 heavy (non-hydrogen) atoms. The molecule has 1 unspecified atom stereocenters. The Kier molecular flexibility index (Phi) is 5.12.